The van der Waals surface area contributed by atoms with Gasteiger partial charge in [0.2, 0.25) is 0 Å². The first-order valence-corrected chi connectivity index (χ1v) is 4.65. The Kier molecular flexibility index (Phi) is 3.57. The summed E-state index contributed by atoms with van der Waals surface area (Å²) in [5.41, 5.74) is 0.634. The molecule has 0 atom stereocenters. The predicted octanol–water partition coefficient (Wildman–Crippen LogP) is -0.236. The molecule has 14 heavy (non-hydrogen) atoms. The summed E-state index contributed by atoms with van der Waals surface area (Å²) < 4.78 is 0.724. The molecule has 0 spiro atoms. The summed E-state index contributed by atoms with van der Waals surface area (Å²) in [5, 5.41) is 9.26. The van der Waals surface area contributed by atoms with E-state index in [-0.39, 0.29) is 25.2 Å². The standard InChI is InChI=1S/C8H4ClNO2S.Li.H/c9-4-1-2-10-5-3-6(8(11)12)13-7(4)5;;/h1-3H,(H,11,12);;/q;+1;-1. The van der Waals surface area contributed by atoms with E-state index in [1.165, 1.54) is 6.07 Å². The van der Waals surface area contributed by atoms with E-state index in [2.05, 4.69) is 4.98 Å². The van der Waals surface area contributed by atoms with Gasteiger partial charge in [0.05, 0.1) is 15.2 Å². The molecule has 3 nitrogen and oxygen atoms in total. The van der Waals surface area contributed by atoms with Crippen LogP contribution in [-0.4, -0.2) is 16.1 Å². The van der Waals surface area contributed by atoms with E-state index in [1.54, 1.807) is 12.3 Å². The third-order valence-electron chi connectivity index (χ3n) is 1.57. The van der Waals surface area contributed by atoms with Crippen molar-refractivity contribution < 1.29 is 30.2 Å². The quantitative estimate of drug-likeness (QED) is 0.677. The minimum atomic E-state index is -0.945. The summed E-state index contributed by atoms with van der Waals surface area (Å²) in [6.45, 7) is 0. The molecule has 0 aliphatic rings. The minimum absolute atomic E-state index is 0. The fourth-order valence-electron chi connectivity index (χ4n) is 1.01. The van der Waals surface area contributed by atoms with Crippen molar-refractivity contribution in [1.29, 1.82) is 0 Å². The number of fused-ring (bicyclic) bond motifs is 1. The molecule has 0 fully saturated rings. The molecule has 2 aromatic rings. The van der Waals surface area contributed by atoms with Crippen LogP contribution in [0.1, 0.15) is 11.1 Å². The smallest absolute Gasteiger partial charge is 1.00 e. The second kappa shape index (κ2) is 4.33. The minimum Gasteiger partial charge on any atom is -1.00 e. The van der Waals surface area contributed by atoms with Crippen molar-refractivity contribution in [1.82, 2.24) is 4.98 Å². The molecule has 68 valence electrons. The van der Waals surface area contributed by atoms with Crippen LogP contribution in [0.4, 0.5) is 0 Å². The largest absolute Gasteiger partial charge is 1.00 e. The molecule has 0 aliphatic carbocycles. The Labute approximate surface area is 102 Å². The molecule has 0 aromatic carbocycles. The zero-order valence-electron chi connectivity index (χ0n) is 8.32. The number of nitrogens with zero attached hydrogens (tertiary/aromatic N) is 1. The van der Waals surface area contributed by atoms with Gasteiger partial charge < -0.3 is 6.53 Å². The van der Waals surface area contributed by atoms with Gasteiger partial charge in [-0.3, -0.25) is 4.98 Å². The molecule has 0 unspecified atom stereocenters. The molecule has 0 bridgehead atoms. The molecule has 0 amide bonds. The van der Waals surface area contributed by atoms with Gasteiger partial charge in [-0.2, -0.15) is 0 Å². The summed E-state index contributed by atoms with van der Waals surface area (Å²) in [7, 11) is 0. The maximum absolute atomic E-state index is 10.6. The number of hydrogen-bond acceptors (Lipinski definition) is 3. The molecule has 0 saturated carbocycles. The number of pyridine rings is 1. The number of carbonyl (C=O) groups is 1. The Morgan fingerprint density at radius 2 is 2.36 bits per heavy atom. The summed E-state index contributed by atoms with van der Waals surface area (Å²) in [6, 6.07) is 3.17. The summed E-state index contributed by atoms with van der Waals surface area (Å²) in [4.78, 5) is 14.9. The van der Waals surface area contributed by atoms with Crippen molar-refractivity contribution in [2.24, 2.45) is 0 Å². The molecule has 0 aliphatic heterocycles. The van der Waals surface area contributed by atoms with E-state index >= 15 is 0 Å². The monoisotopic (exact) mass is 221 g/mol. The Hall–Kier alpha value is -0.533. The average molecular weight is 222 g/mol. The molecule has 6 heteroatoms. The summed E-state index contributed by atoms with van der Waals surface area (Å²) in [5.74, 6) is -0.945. The average Bonchev–Trinajstić information content (AvgIpc) is 2.49. The molecule has 2 rings (SSSR count). The van der Waals surface area contributed by atoms with Crippen molar-refractivity contribution in [3.05, 3.63) is 28.2 Å². The fourth-order valence-corrected chi connectivity index (χ4v) is 2.14. The van der Waals surface area contributed by atoms with Crippen molar-refractivity contribution in [2.45, 2.75) is 0 Å². The normalized spacial score (nSPS) is 9.79. The number of thiophene rings is 1. The van der Waals surface area contributed by atoms with Crippen LogP contribution in [0, 0.1) is 0 Å². The van der Waals surface area contributed by atoms with Crippen LogP contribution < -0.4 is 18.9 Å². The van der Waals surface area contributed by atoms with Crippen molar-refractivity contribution in [3.63, 3.8) is 0 Å². The van der Waals surface area contributed by atoms with Crippen LogP contribution in [0.25, 0.3) is 10.2 Å². The number of carboxylic acid groups (broad SMARTS) is 1. The van der Waals surface area contributed by atoms with Gasteiger partial charge >= 0.3 is 24.8 Å². The zero-order chi connectivity index (χ0) is 9.42. The number of halogens is 1. The van der Waals surface area contributed by atoms with Crippen LogP contribution in [-0.2, 0) is 0 Å². The van der Waals surface area contributed by atoms with Gasteiger partial charge in [0.25, 0.3) is 0 Å². The first kappa shape index (κ1) is 11.5. The van der Waals surface area contributed by atoms with Crippen molar-refractivity contribution in [2.75, 3.05) is 0 Å². The van der Waals surface area contributed by atoms with E-state index in [1.807, 2.05) is 0 Å². The van der Waals surface area contributed by atoms with Gasteiger partial charge in [0, 0.05) is 6.20 Å². The van der Waals surface area contributed by atoms with E-state index in [9.17, 15) is 4.79 Å². The first-order valence-electron chi connectivity index (χ1n) is 3.46. The SMILES string of the molecule is O=C(O)c1cc2nccc(Cl)c2s1.[H-].[Li+]. The number of aromatic nitrogens is 1. The van der Waals surface area contributed by atoms with Crippen LogP contribution in [0.2, 0.25) is 5.02 Å². The Balaban J connectivity index is 0.000000980. The third-order valence-corrected chi connectivity index (χ3v) is 3.15. The maximum Gasteiger partial charge on any atom is 1.00 e. The fraction of sp³-hybridized carbons (Fsp3) is 0. The van der Waals surface area contributed by atoms with E-state index in [4.69, 9.17) is 16.7 Å². The van der Waals surface area contributed by atoms with Crippen LogP contribution >= 0.6 is 22.9 Å². The van der Waals surface area contributed by atoms with E-state index < -0.39 is 5.97 Å². The number of hydrogen-bond donors (Lipinski definition) is 1. The van der Waals surface area contributed by atoms with Crippen LogP contribution in [0.5, 0.6) is 0 Å². The van der Waals surface area contributed by atoms with E-state index in [0.717, 1.165) is 16.0 Å². The second-order valence-corrected chi connectivity index (χ2v) is 3.88. The van der Waals surface area contributed by atoms with Crippen LogP contribution in [0.15, 0.2) is 18.3 Å². The summed E-state index contributed by atoms with van der Waals surface area (Å²) >= 11 is 6.99. The van der Waals surface area contributed by atoms with Crippen molar-refractivity contribution in [3.8, 4) is 0 Å². The molecular weight excluding hydrogens is 217 g/mol. The third kappa shape index (κ3) is 1.94. The molecule has 0 saturated heterocycles. The molecule has 2 heterocycles. The number of carboxylic acids is 1. The number of rotatable bonds is 1. The molecular formula is C8H5ClLiNO2S. The van der Waals surface area contributed by atoms with E-state index in [0.29, 0.717) is 10.5 Å². The predicted molar refractivity (Wildman–Crippen MR) is 52.7 cm³/mol. The Morgan fingerprint density at radius 1 is 1.64 bits per heavy atom. The van der Waals surface area contributed by atoms with Gasteiger partial charge in [-0.05, 0) is 12.1 Å². The second-order valence-electron chi connectivity index (χ2n) is 2.42. The van der Waals surface area contributed by atoms with Gasteiger partial charge in [-0.1, -0.05) is 11.6 Å². The Morgan fingerprint density at radius 3 is 2.93 bits per heavy atom. The molecule has 0 radical (unpaired) electrons. The van der Waals surface area contributed by atoms with Crippen LogP contribution in [0.3, 0.4) is 0 Å². The summed E-state index contributed by atoms with van der Waals surface area (Å²) in [6.07, 6.45) is 1.56. The van der Waals surface area contributed by atoms with Gasteiger partial charge in [-0.15, -0.1) is 11.3 Å². The zero-order valence-corrected chi connectivity index (χ0v) is 8.89. The van der Waals surface area contributed by atoms with Gasteiger partial charge in [-0.25, -0.2) is 4.79 Å². The van der Waals surface area contributed by atoms with Gasteiger partial charge in [0.15, 0.2) is 0 Å². The van der Waals surface area contributed by atoms with Gasteiger partial charge in [0.1, 0.15) is 4.88 Å². The molecule has 2 aromatic heterocycles. The Bertz CT molecular complexity index is 490. The topological polar surface area (TPSA) is 50.2 Å². The first-order chi connectivity index (χ1) is 6.18. The maximum atomic E-state index is 10.6. The van der Waals surface area contributed by atoms with Crippen molar-refractivity contribution >= 4 is 39.1 Å². The number of aromatic carboxylic acids is 1. The molecule has 1 N–H and O–H groups in total.